The summed E-state index contributed by atoms with van der Waals surface area (Å²) in [6.07, 6.45) is -4.01. The van der Waals surface area contributed by atoms with E-state index in [4.69, 9.17) is 30.4 Å². The van der Waals surface area contributed by atoms with E-state index in [-0.39, 0.29) is 35.8 Å². The van der Waals surface area contributed by atoms with E-state index in [0.717, 1.165) is 0 Å². The summed E-state index contributed by atoms with van der Waals surface area (Å²) in [6, 6.07) is 0. The molecule has 0 spiro atoms. The number of rotatable bonds is 10. The van der Waals surface area contributed by atoms with Crippen molar-refractivity contribution in [1.29, 1.82) is 0 Å². The molecule has 3 aliphatic rings. The van der Waals surface area contributed by atoms with E-state index in [9.17, 15) is 19.2 Å². The van der Waals surface area contributed by atoms with E-state index in [1.54, 1.807) is 9.80 Å². The van der Waals surface area contributed by atoms with Crippen LogP contribution in [0.4, 0.5) is 9.59 Å². The zero-order valence-electron chi connectivity index (χ0n) is 16.7. The molecular formula is C18H24N4O8. The Hall–Kier alpha value is -3.12. The molecule has 2 fully saturated rings. The molecule has 3 rings (SSSR count). The van der Waals surface area contributed by atoms with E-state index in [2.05, 4.69) is 0 Å². The molecule has 1 aliphatic carbocycles. The molecule has 2 atom stereocenters. The normalized spacial score (nSPS) is 20.3. The minimum atomic E-state index is -1.02. The van der Waals surface area contributed by atoms with Crippen molar-refractivity contribution in [3.05, 3.63) is 22.5 Å². The molecule has 12 nitrogen and oxygen atoms in total. The number of allylic oxidation sites excluding steroid dienone is 2. The molecule has 12 heteroatoms. The quantitative estimate of drug-likeness (QED) is 0.311. The van der Waals surface area contributed by atoms with Crippen molar-refractivity contribution >= 4 is 23.8 Å². The van der Waals surface area contributed by atoms with Crippen LogP contribution in [0.1, 0.15) is 0 Å². The number of Topliss-reactive ketones (excluding diaryl/α,β-unsaturated/α-hetero) is 2. The first-order valence-electron chi connectivity index (χ1n) is 9.27. The van der Waals surface area contributed by atoms with Gasteiger partial charge in [0.2, 0.25) is 11.6 Å². The number of amides is 2. The number of carbonyl (C=O) groups excluding carboxylic acids is 4. The van der Waals surface area contributed by atoms with Crippen molar-refractivity contribution in [2.75, 3.05) is 53.6 Å². The predicted octanol–water partition coefficient (Wildman–Crippen LogP) is -1.50. The summed E-state index contributed by atoms with van der Waals surface area (Å²) in [5.41, 5.74) is 10.6. The van der Waals surface area contributed by atoms with Crippen molar-refractivity contribution in [3.8, 4) is 0 Å². The fourth-order valence-electron chi connectivity index (χ4n) is 3.34. The lowest BCUT2D eigenvalue weighted by Crippen LogP contribution is -2.42. The molecule has 2 unspecified atom stereocenters. The van der Waals surface area contributed by atoms with Gasteiger partial charge in [0.25, 0.3) is 0 Å². The van der Waals surface area contributed by atoms with Gasteiger partial charge in [-0.1, -0.05) is 0 Å². The highest BCUT2D eigenvalue weighted by Gasteiger charge is 2.48. The number of hydrogen-bond acceptors (Lipinski definition) is 10. The summed E-state index contributed by atoms with van der Waals surface area (Å²) < 4.78 is 20.4. The van der Waals surface area contributed by atoms with E-state index in [1.807, 2.05) is 0 Å². The number of hydrogen-bond donors (Lipinski definition) is 2. The molecule has 2 saturated heterocycles. The molecule has 0 aromatic carbocycles. The topological polar surface area (TPSA) is 163 Å². The molecule has 0 aromatic rings. The Morgan fingerprint density at radius 1 is 0.800 bits per heavy atom. The number of nitrogens with zero attached hydrogens (tertiary/aromatic N) is 2. The summed E-state index contributed by atoms with van der Waals surface area (Å²) in [7, 11) is 2.68. The first kappa shape index (κ1) is 21.6. The summed E-state index contributed by atoms with van der Waals surface area (Å²) in [5.74, 6) is -0.880. The van der Waals surface area contributed by atoms with Crippen LogP contribution < -0.4 is 11.5 Å². The number of nitrogens with two attached hydrogens (primary N) is 2. The average molecular weight is 424 g/mol. The molecule has 2 aliphatic heterocycles. The third-order valence-corrected chi connectivity index (χ3v) is 4.92. The lowest BCUT2D eigenvalue weighted by Gasteiger charge is -2.31. The minimum absolute atomic E-state index is 0.0950. The van der Waals surface area contributed by atoms with Crippen LogP contribution in [-0.4, -0.2) is 99.4 Å². The summed E-state index contributed by atoms with van der Waals surface area (Å²) in [6.45, 7) is 1.66. The third kappa shape index (κ3) is 4.39. The van der Waals surface area contributed by atoms with E-state index < -0.39 is 36.0 Å². The van der Waals surface area contributed by atoms with Gasteiger partial charge in [0.1, 0.15) is 25.4 Å². The SMILES string of the molecule is COC(COC(N)=O)C1=C(N2CC2)C(=O)C(C(COC(N)=O)OC)=C(N2CC2)C1=O. The second-order valence-corrected chi connectivity index (χ2v) is 6.87. The van der Waals surface area contributed by atoms with Gasteiger partial charge in [0.15, 0.2) is 0 Å². The van der Waals surface area contributed by atoms with E-state index >= 15 is 0 Å². The van der Waals surface area contributed by atoms with Crippen LogP contribution >= 0.6 is 0 Å². The highest BCUT2D eigenvalue weighted by atomic mass is 16.6. The van der Waals surface area contributed by atoms with Crippen LogP contribution in [-0.2, 0) is 28.5 Å². The van der Waals surface area contributed by atoms with Crippen molar-refractivity contribution in [3.63, 3.8) is 0 Å². The average Bonchev–Trinajstić information content (AvgIpc) is 3.58. The zero-order chi connectivity index (χ0) is 22.0. The lowest BCUT2D eigenvalue weighted by atomic mass is 9.85. The molecule has 2 heterocycles. The fourth-order valence-corrected chi connectivity index (χ4v) is 3.34. The molecule has 30 heavy (non-hydrogen) atoms. The second-order valence-electron chi connectivity index (χ2n) is 6.87. The predicted molar refractivity (Wildman–Crippen MR) is 99.9 cm³/mol. The zero-order valence-corrected chi connectivity index (χ0v) is 16.7. The maximum absolute atomic E-state index is 13.5. The fraction of sp³-hybridized carbons (Fsp3) is 0.556. The highest BCUT2D eigenvalue weighted by molar-refractivity contribution is 6.25. The van der Waals surface area contributed by atoms with Crippen molar-refractivity contribution in [1.82, 2.24) is 9.80 Å². The monoisotopic (exact) mass is 424 g/mol. The third-order valence-electron chi connectivity index (χ3n) is 4.92. The molecular weight excluding hydrogens is 400 g/mol. The number of ketones is 2. The van der Waals surface area contributed by atoms with E-state index in [1.165, 1.54) is 14.2 Å². The summed E-state index contributed by atoms with van der Waals surface area (Å²) in [4.78, 5) is 52.6. The van der Waals surface area contributed by atoms with Crippen LogP contribution in [0.25, 0.3) is 0 Å². The summed E-state index contributed by atoms with van der Waals surface area (Å²) in [5, 5.41) is 0. The number of ether oxygens (including phenoxy) is 4. The molecule has 2 amide bonds. The number of primary amides is 2. The largest absolute Gasteiger partial charge is 0.447 e. The van der Waals surface area contributed by atoms with Crippen molar-refractivity contribution in [2.24, 2.45) is 11.5 Å². The highest BCUT2D eigenvalue weighted by Crippen LogP contribution is 2.37. The molecule has 0 bridgehead atoms. The van der Waals surface area contributed by atoms with Gasteiger partial charge in [0, 0.05) is 40.4 Å². The maximum atomic E-state index is 13.5. The van der Waals surface area contributed by atoms with Gasteiger partial charge >= 0.3 is 12.2 Å². The van der Waals surface area contributed by atoms with Gasteiger partial charge in [-0.05, 0) is 0 Å². The van der Waals surface area contributed by atoms with Gasteiger partial charge in [-0.25, -0.2) is 9.59 Å². The minimum Gasteiger partial charge on any atom is -0.447 e. The van der Waals surface area contributed by atoms with Gasteiger partial charge < -0.3 is 40.2 Å². The first-order valence-corrected chi connectivity index (χ1v) is 9.27. The van der Waals surface area contributed by atoms with Gasteiger partial charge in [0.05, 0.1) is 22.5 Å². The Kier molecular flexibility index (Phi) is 6.27. The van der Waals surface area contributed by atoms with Crippen LogP contribution in [0, 0.1) is 0 Å². The maximum Gasteiger partial charge on any atom is 0.404 e. The summed E-state index contributed by atoms with van der Waals surface area (Å²) >= 11 is 0. The second kappa shape index (κ2) is 8.71. The van der Waals surface area contributed by atoms with Crippen LogP contribution in [0.3, 0.4) is 0 Å². The van der Waals surface area contributed by atoms with Gasteiger partial charge in [-0.2, -0.15) is 0 Å². The first-order chi connectivity index (χ1) is 14.3. The molecule has 164 valence electrons. The van der Waals surface area contributed by atoms with Crippen LogP contribution in [0.15, 0.2) is 22.5 Å². The Labute approximate surface area is 172 Å². The van der Waals surface area contributed by atoms with Crippen LogP contribution in [0.2, 0.25) is 0 Å². The standard InChI is InChI=1S/C18H24N4O8/c1-27-9(7-29-17(19)25)11-13(21-3-4-21)16(24)12(10(28-2)8-30-18(20)26)14(15(11)23)22-5-6-22/h9-10H,3-8H2,1-2H3,(H2,19,25)(H2,20,26). The Bertz CT molecular complexity index is 760. The van der Waals surface area contributed by atoms with Gasteiger partial charge in [-0.3, -0.25) is 9.59 Å². The Morgan fingerprint density at radius 2 is 1.13 bits per heavy atom. The molecule has 4 N–H and O–H groups in total. The van der Waals surface area contributed by atoms with Crippen molar-refractivity contribution in [2.45, 2.75) is 12.2 Å². The van der Waals surface area contributed by atoms with Crippen molar-refractivity contribution < 1.29 is 38.1 Å². The smallest absolute Gasteiger partial charge is 0.404 e. The Morgan fingerprint density at radius 3 is 1.37 bits per heavy atom. The van der Waals surface area contributed by atoms with Gasteiger partial charge in [-0.15, -0.1) is 0 Å². The molecule has 0 radical (unpaired) electrons. The number of methoxy groups -OCH3 is 2. The van der Waals surface area contributed by atoms with E-state index in [0.29, 0.717) is 26.2 Å². The Balaban J connectivity index is 2.04. The number of carbonyl (C=O) groups is 4. The lowest BCUT2D eigenvalue weighted by molar-refractivity contribution is -0.120. The molecule has 0 saturated carbocycles. The molecule has 0 aromatic heterocycles. The van der Waals surface area contributed by atoms with Crippen LogP contribution in [0.5, 0.6) is 0 Å².